The summed E-state index contributed by atoms with van der Waals surface area (Å²) in [7, 11) is -3.37. The first-order chi connectivity index (χ1) is 5.66. The van der Waals surface area contributed by atoms with Crippen molar-refractivity contribution in [2.24, 2.45) is 5.41 Å². The van der Waals surface area contributed by atoms with Crippen molar-refractivity contribution in [3.05, 3.63) is 0 Å². The lowest BCUT2D eigenvalue weighted by atomic mass is 9.81. The first-order valence-corrected chi connectivity index (χ1v) is 5.96. The summed E-state index contributed by atoms with van der Waals surface area (Å²) in [4.78, 5) is 0. The summed E-state index contributed by atoms with van der Waals surface area (Å²) in [6, 6.07) is 0. The van der Waals surface area contributed by atoms with E-state index in [2.05, 4.69) is 13.8 Å². The van der Waals surface area contributed by atoms with Crippen LogP contribution in [0.4, 0.5) is 0 Å². The number of hydrogen-bond donors (Lipinski definition) is 0. The van der Waals surface area contributed by atoms with Gasteiger partial charge in [0, 0.05) is 0 Å². The van der Waals surface area contributed by atoms with Gasteiger partial charge in [0.15, 0.2) is 0 Å². The smallest absolute Gasteiger partial charge is 0.270 e. The topological polar surface area (TPSA) is 43.4 Å². The molecule has 13 heavy (non-hydrogen) atoms. The molecule has 1 aliphatic heterocycles. The molecule has 0 aromatic rings. The average molecular weight is 206 g/mol. The van der Waals surface area contributed by atoms with Gasteiger partial charge < -0.3 is 0 Å². The van der Waals surface area contributed by atoms with Crippen LogP contribution < -0.4 is 0 Å². The minimum Gasteiger partial charge on any atom is -0.270 e. The molecule has 1 fully saturated rings. The molecule has 0 spiro atoms. The van der Waals surface area contributed by atoms with Crippen LogP contribution in [0.25, 0.3) is 0 Å². The summed E-state index contributed by atoms with van der Waals surface area (Å²) in [5, 5.41) is 0. The van der Waals surface area contributed by atoms with Gasteiger partial charge in [0.25, 0.3) is 10.1 Å². The van der Waals surface area contributed by atoms with Crippen LogP contribution in [-0.2, 0) is 14.3 Å². The van der Waals surface area contributed by atoms with Crippen molar-refractivity contribution in [2.75, 3.05) is 6.61 Å². The Hall–Kier alpha value is -0.0900. The van der Waals surface area contributed by atoms with E-state index in [-0.39, 0.29) is 5.41 Å². The molecule has 1 heterocycles. The van der Waals surface area contributed by atoms with Crippen molar-refractivity contribution < 1.29 is 12.6 Å². The van der Waals surface area contributed by atoms with Gasteiger partial charge in [0.05, 0.1) is 11.4 Å². The molecule has 1 aliphatic rings. The Morgan fingerprint density at radius 3 is 2.23 bits per heavy atom. The molecule has 1 rings (SSSR count). The van der Waals surface area contributed by atoms with Gasteiger partial charge in [-0.1, -0.05) is 13.8 Å². The molecule has 0 aromatic heterocycles. The molecule has 0 aromatic carbocycles. The Morgan fingerprint density at radius 1 is 1.15 bits per heavy atom. The zero-order valence-electron chi connectivity index (χ0n) is 8.75. The largest absolute Gasteiger partial charge is 0.272 e. The maximum Gasteiger partial charge on any atom is 0.272 e. The summed E-state index contributed by atoms with van der Waals surface area (Å²) < 4.78 is 27.3. The van der Waals surface area contributed by atoms with Crippen molar-refractivity contribution in [1.29, 1.82) is 0 Å². The van der Waals surface area contributed by atoms with Crippen molar-refractivity contribution in [3.8, 4) is 0 Å². The molecular weight excluding hydrogens is 188 g/mol. The first kappa shape index (κ1) is 11.0. The van der Waals surface area contributed by atoms with Gasteiger partial charge in [-0.3, -0.25) is 4.18 Å². The van der Waals surface area contributed by atoms with Gasteiger partial charge in [-0.2, -0.15) is 8.42 Å². The van der Waals surface area contributed by atoms with Crippen LogP contribution in [0.1, 0.15) is 40.5 Å². The predicted molar refractivity (Wildman–Crippen MR) is 52.0 cm³/mol. The summed E-state index contributed by atoms with van der Waals surface area (Å²) in [6.07, 6.45) is 1.46. The second-order valence-electron chi connectivity index (χ2n) is 5.13. The predicted octanol–water partition coefficient (Wildman–Crippen LogP) is 1.93. The zero-order chi connectivity index (χ0) is 10.3. The quantitative estimate of drug-likeness (QED) is 0.569. The molecule has 78 valence electrons. The van der Waals surface area contributed by atoms with E-state index in [0.717, 1.165) is 6.42 Å². The fourth-order valence-electron chi connectivity index (χ4n) is 1.92. The van der Waals surface area contributed by atoms with E-state index in [0.29, 0.717) is 13.0 Å². The standard InChI is InChI=1S/C9H18O3S/c1-8(2)5-6-12-13(10,11)9(3,4)7-8/h5-7H2,1-4H3. The highest BCUT2D eigenvalue weighted by Gasteiger charge is 2.42. The highest BCUT2D eigenvalue weighted by atomic mass is 32.2. The Morgan fingerprint density at radius 2 is 1.69 bits per heavy atom. The fourth-order valence-corrected chi connectivity index (χ4v) is 3.11. The van der Waals surface area contributed by atoms with Crippen LogP contribution >= 0.6 is 0 Å². The van der Waals surface area contributed by atoms with Crippen molar-refractivity contribution >= 4 is 10.1 Å². The third kappa shape index (κ3) is 2.23. The first-order valence-electron chi connectivity index (χ1n) is 4.55. The van der Waals surface area contributed by atoms with Crippen LogP contribution in [0.2, 0.25) is 0 Å². The van der Waals surface area contributed by atoms with E-state index in [4.69, 9.17) is 4.18 Å². The molecule has 0 aliphatic carbocycles. The third-order valence-electron chi connectivity index (χ3n) is 2.60. The van der Waals surface area contributed by atoms with Gasteiger partial charge >= 0.3 is 0 Å². The second-order valence-corrected chi connectivity index (χ2v) is 7.38. The van der Waals surface area contributed by atoms with Gasteiger partial charge in [-0.25, -0.2) is 0 Å². The maximum atomic E-state index is 11.6. The Kier molecular flexibility index (Phi) is 2.50. The van der Waals surface area contributed by atoms with E-state index in [9.17, 15) is 8.42 Å². The monoisotopic (exact) mass is 206 g/mol. The van der Waals surface area contributed by atoms with Crippen LogP contribution in [0.3, 0.4) is 0 Å². The molecule has 0 atom stereocenters. The lowest BCUT2D eigenvalue weighted by molar-refractivity contribution is 0.245. The van der Waals surface area contributed by atoms with Crippen LogP contribution in [0.5, 0.6) is 0 Å². The molecule has 3 nitrogen and oxygen atoms in total. The van der Waals surface area contributed by atoms with E-state index < -0.39 is 14.9 Å². The molecule has 0 radical (unpaired) electrons. The van der Waals surface area contributed by atoms with Crippen molar-refractivity contribution in [2.45, 2.75) is 45.3 Å². The molecule has 0 unspecified atom stereocenters. The lowest BCUT2D eigenvalue weighted by Gasteiger charge is -2.29. The summed E-state index contributed by atoms with van der Waals surface area (Å²) in [6.45, 7) is 7.95. The Labute approximate surface area is 80.6 Å². The minimum atomic E-state index is -3.37. The molecule has 1 saturated heterocycles. The molecule has 0 amide bonds. The van der Waals surface area contributed by atoms with Crippen LogP contribution in [-0.4, -0.2) is 19.8 Å². The summed E-state index contributed by atoms with van der Waals surface area (Å²) in [5.74, 6) is 0. The van der Waals surface area contributed by atoms with Gasteiger partial charge in [0.2, 0.25) is 0 Å². The van der Waals surface area contributed by atoms with E-state index in [1.807, 2.05) is 0 Å². The lowest BCUT2D eigenvalue weighted by Crippen LogP contribution is -2.35. The maximum absolute atomic E-state index is 11.6. The van der Waals surface area contributed by atoms with Gasteiger partial charge in [-0.05, 0) is 32.1 Å². The highest BCUT2D eigenvalue weighted by Crippen LogP contribution is 2.39. The molecule has 4 heteroatoms. The average Bonchev–Trinajstić information content (AvgIpc) is 1.86. The van der Waals surface area contributed by atoms with Crippen molar-refractivity contribution in [3.63, 3.8) is 0 Å². The normalized spacial score (nSPS) is 30.8. The van der Waals surface area contributed by atoms with Gasteiger partial charge in [-0.15, -0.1) is 0 Å². The molecule has 0 saturated carbocycles. The van der Waals surface area contributed by atoms with Crippen LogP contribution in [0, 0.1) is 5.41 Å². The SMILES string of the molecule is CC1(C)CCOS(=O)(=O)C(C)(C)C1. The van der Waals surface area contributed by atoms with E-state index >= 15 is 0 Å². The molecule has 0 N–H and O–H groups in total. The fraction of sp³-hybridized carbons (Fsp3) is 1.00. The Balaban J connectivity index is 3.03. The van der Waals surface area contributed by atoms with Crippen molar-refractivity contribution in [1.82, 2.24) is 0 Å². The third-order valence-corrected chi connectivity index (χ3v) is 4.57. The summed E-state index contributed by atoms with van der Waals surface area (Å²) >= 11 is 0. The second kappa shape index (κ2) is 2.95. The van der Waals surface area contributed by atoms with Crippen LogP contribution in [0.15, 0.2) is 0 Å². The van der Waals surface area contributed by atoms with Gasteiger partial charge in [0.1, 0.15) is 0 Å². The molecular formula is C9H18O3S. The number of rotatable bonds is 0. The summed E-state index contributed by atoms with van der Waals surface area (Å²) in [5.41, 5.74) is 0.0487. The molecule has 0 bridgehead atoms. The number of hydrogen-bond acceptors (Lipinski definition) is 3. The van der Waals surface area contributed by atoms with E-state index in [1.165, 1.54) is 0 Å². The highest BCUT2D eigenvalue weighted by molar-refractivity contribution is 7.88. The Bertz CT molecular complexity index is 288. The minimum absolute atomic E-state index is 0.0487. The van der Waals surface area contributed by atoms with E-state index in [1.54, 1.807) is 13.8 Å². The zero-order valence-corrected chi connectivity index (χ0v) is 9.57.